The zero-order valence-electron chi connectivity index (χ0n) is 18.6. The number of hydrogen-bond acceptors (Lipinski definition) is 5. The van der Waals surface area contributed by atoms with E-state index in [0.717, 1.165) is 61.6 Å². The van der Waals surface area contributed by atoms with Gasteiger partial charge in [-0.15, -0.1) is 11.3 Å². The molecule has 0 spiro atoms. The smallest absolute Gasteiger partial charge is 0.341 e. The largest absolute Gasteiger partial charge is 0.462 e. The molecule has 0 amide bonds. The molecule has 1 N–H and O–H groups in total. The highest BCUT2D eigenvalue weighted by atomic mass is 32.1. The van der Waals surface area contributed by atoms with Crippen LogP contribution < -0.4 is 10.9 Å². The van der Waals surface area contributed by atoms with Crippen molar-refractivity contribution in [3.05, 3.63) is 50.3 Å². The predicted octanol–water partition coefficient (Wildman–Crippen LogP) is 4.03. The molecule has 3 aliphatic rings. The highest BCUT2D eigenvalue weighted by molar-refractivity contribution is 7.80. The first-order valence-electron chi connectivity index (χ1n) is 11.5. The Hall–Kier alpha value is -2.19. The maximum Gasteiger partial charge on any atom is 0.341 e. The Bertz CT molecular complexity index is 1120. The topological polar surface area (TPSA) is 63.6 Å². The zero-order chi connectivity index (χ0) is 22.4. The molecule has 3 atom stereocenters. The first-order valence-corrected chi connectivity index (χ1v) is 12.7. The number of carbonyl (C=O) groups is 1. The lowest BCUT2D eigenvalue weighted by atomic mass is 9.83. The second kappa shape index (κ2) is 8.63. The minimum atomic E-state index is -0.256. The number of piperidine rings is 1. The van der Waals surface area contributed by atoms with E-state index in [2.05, 4.69) is 23.2 Å². The van der Waals surface area contributed by atoms with Crippen molar-refractivity contribution in [3.8, 4) is 0 Å². The Morgan fingerprint density at radius 3 is 2.97 bits per heavy atom. The number of hydrogen-bond donors (Lipinski definition) is 1. The van der Waals surface area contributed by atoms with E-state index in [1.54, 1.807) is 17.4 Å². The third-order valence-electron chi connectivity index (χ3n) is 6.98. The molecule has 2 aromatic heterocycles. The molecule has 8 heteroatoms. The second-order valence-corrected chi connectivity index (χ2v) is 10.8. The van der Waals surface area contributed by atoms with Crippen LogP contribution >= 0.6 is 23.6 Å². The molecule has 0 unspecified atom stereocenters. The van der Waals surface area contributed by atoms with Crippen molar-refractivity contribution >= 4 is 39.6 Å². The Kier molecular flexibility index (Phi) is 5.84. The van der Waals surface area contributed by atoms with Crippen LogP contribution in [0.4, 0.5) is 5.00 Å². The molecule has 2 aromatic rings. The fraction of sp³-hybridized carbons (Fsp3) is 0.542. The number of nitrogens with zero attached hydrogens (tertiary/aromatic N) is 2. The summed E-state index contributed by atoms with van der Waals surface area (Å²) in [5.74, 6) is 1.05. The van der Waals surface area contributed by atoms with E-state index in [-0.39, 0.29) is 17.4 Å². The van der Waals surface area contributed by atoms with Gasteiger partial charge in [0.1, 0.15) is 5.00 Å². The minimum absolute atomic E-state index is 0.0869. The van der Waals surface area contributed by atoms with Crippen LogP contribution in [-0.2, 0) is 24.1 Å². The van der Waals surface area contributed by atoms with E-state index >= 15 is 0 Å². The van der Waals surface area contributed by atoms with Crippen molar-refractivity contribution < 1.29 is 9.53 Å². The van der Waals surface area contributed by atoms with Crippen molar-refractivity contribution in [2.24, 2.45) is 11.8 Å². The first kappa shape index (κ1) is 21.6. The highest BCUT2D eigenvalue weighted by Crippen LogP contribution is 2.41. The van der Waals surface area contributed by atoms with Gasteiger partial charge in [0.05, 0.1) is 12.2 Å². The molecule has 5 rings (SSSR count). The number of rotatable bonds is 3. The van der Waals surface area contributed by atoms with Gasteiger partial charge in [0, 0.05) is 42.2 Å². The number of aromatic nitrogens is 1. The summed E-state index contributed by atoms with van der Waals surface area (Å²) in [5, 5.41) is 4.90. The van der Waals surface area contributed by atoms with Crippen LogP contribution in [0.25, 0.3) is 0 Å². The number of thiophene rings is 1. The number of ether oxygens (including phenoxy) is 1. The van der Waals surface area contributed by atoms with Gasteiger partial charge in [-0.2, -0.15) is 0 Å². The average Bonchev–Trinajstić information content (AvgIpc) is 3.11. The summed E-state index contributed by atoms with van der Waals surface area (Å²) in [6.07, 6.45) is 4.09. The van der Waals surface area contributed by atoms with Crippen LogP contribution in [0.3, 0.4) is 0 Å². The molecule has 1 aliphatic carbocycles. The Labute approximate surface area is 197 Å². The third-order valence-corrected chi connectivity index (χ3v) is 8.51. The van der Waals surface area contributed by atoms with Crippen molar-refractivity contribution in [2.45, 2.75) is 52.0 Å². The van der Waals surface area contributed by atoms with E-state index in [1.807, 2.05) is 17.6 Å². The molecular weight excluding hydrogens is 442 g/mol. The van der Waals surface area contributed by atoms with Gasteiger partial charge in [-0.05, 0) is 68.3 Å². The molecule has 0 aromatic carbocycles. The number of fused-ring (bicyclic) bond motifs is 5. The number of nitrogens with one attached hydrogen (secondary N) is 1. The summed E-state index contributed by atoms with van der Waals surface area (Å²) in [6.45, 7) is 6.80. The summed E-state index contributed by atoms with van der Waals surface area (Å²) in [5.41, 5.74) is 3.01. The normalized spacial score (nSPS) is 23.8. The lowest BCUT2D eigenvalue weighted by molar-refractivity contribution is 0.0526. The lowest BCUT2D eigenvalue weighted by Crippen LogP contribution is -2.50. The molecule has 170 valence electrons. The Balaban J connectivity index is 1.39. The third kappa shape index (κ3) is 3.88. The van der Waals surface area contributed by atoms with Crippen LogP contribution in [0.5, 0.6) is 0 Å². The molecule has 2 aliphatic heterocycles. The number of esters is 1. The SMILES string of the molecule is CCOC(=O)c1c(NC(=S)N2C[C@@H]3C[C@H](C2)c2cccc(=O)n2C3)sc2c1CC[C@H](C)C2. The van der Waals surface area contributed by atoms with Crippen molar-refractivity contribution in [2.75, 3.05) is 25.0 Å². The number of carbonyl (C=O) groups excluding carboxylic acids is 1. The minimum Gasteiger partial charge on any atom is -0.462 e. The number of pyridine rings is 1. The highest BCUT2D eigenvalue weighted by Gasteiger charge is 2.36. The van der Waals surface area contributed by atoms with Gasteiger partial charge >= 0.3 is 5.97 Å². The standard InChI is InChI=1S/C24H29N3O3S2/c1-3-30-23(29)21-17-8-7-14(2)9-19(17)32-22(21)25-24(31)26-11-15-10-16(13-26)18-5-4-6-20(28)27(18)12-15/h4-6,14-16H,3,7-13H2,1-2H3,(H,25,31)/t14-,15-,16+/m0/s1. The van der Waals surface area contributed by atoms with Crippen LogP contribution in [0, 0.1) is 11.8 Å². The van der Waals surface area contributed by atoms with Crippen LogP contribution in [0.15, 0.2) is 23.0 Å². The van der Waals surface area contributed by atoms with Crippen LogP contribution in [0.1, 0.15) is 59.1 Å². The van der Waals surface area contributed by atoms with Gasteiger partial charge in [-0.1, -0.05) is 13.0 Å². The average molecular weight is 472 g/mol. The van der Waals surface area contributed by atoms with E-state index in [0.29, 0.717) is 29.1 Å². The van der Waals surface area contributed by atoms with E-state index < -0.39 is 0 Å². The predicted molar refractivity (Wildman–Crippen MR) is 131 cm³/mol. The molecule has 4 heterocycles. The quantitative estimate of drug-likeness (QED) is 0.539. The van der Waals surface area contributed by atoms with Crippen molar-refractivity contribution in [1.29, 1.82) is 0 Å². The molecule has 1 saturated heterocycles. The van der Waals surface area contributed by atoms with Gasteiger partial charge in [-0.3, -0.25) is 4.79 Å². The summed E-state index contributed by atoms with van der Waals surface area (Å²) in [7, 11) is 0. The summed E-state index contributed by atoms with van der Waals surface area (Å²) in [4.78, 5) is 28.6. The van der Waals surface area contributed by atoms with Gasteiger partial charge in [0.2, 0.25) is 0 Å². The summed E-state index contributed by atoms with van der Waals surface area (Å²) < 4.78 is 7.33. The maximum absolute atomic E-state index is 12.8. The zero-order valence-corrected chi connectivity index (χ0v) is 20.2. The number of anilines is 1. The fourth-order valence-corrected chi connectivity index (χ4v) is 7.21. The van der Waals surface area contributed by atoms with Crippen molar-refractivity contribution in [3.63, 3.8) is 0 Å². The summed E-state index contributed by atoms with van der Waals surface area (Å²) in [6, 6.07) is 5.56. The van der Waals surface area contributed by atoms with Crippen LogP contribution in [-0.4, -0.2) is 40.2 Å². The monoisotopic (exact) mass is 471 g/mol. The lowest BCUT2D eigenvalue weighted by Gasteiger charge is -2.43. The first-order chi connectivity index (χ1) is 15.4. The van der Waals surface area contributed by atoms with Gasteiger partial charge < -0.3 is 19.5 Å². The number of likely N-dealkylation sites (tertiary alicyclic amines) is 1. The Morgan fingerprint density at radius 1 is 1.31 bits per heavy atom. The molecule has 32 heavy (non-hydrogen) atoms. The summed E-state index contributed by atoms with van der Waals surface area (Å²) >= 11 is 7.49. The van der Waals surface area contributed by atoms with Gasteiger partial charge in [0.15, 0.2) is 5.11 Å². The molecule has 0 saturated carbocycles. The van der Waals surface area contributed by atoms with Gasteiger partial charge in [-0.25, -0.2) is 4.79 Å². The van der Waals surface area contributed by atoms with Crippen molar-refractivity contribution in [1.82, 2.24) is 9.47 Å². The van der Waals surface area contributed by atoms with E-state index in [1.165, 1.54) is 4.88 Å². The molecule has 1 fully saturated rings. The van der Waals surface area contributed by atoms with Crippen LogP contribution in [0.2, 0.25) is 0 Å². The second-order valence-electron chi connectivity index (χ2n) is 9.31. The molecular formula is C24H29N3O3S2. The maximum atomic E-state index is 12.8. The fourth-order valence-electron chi connectivity index (χ4n) is 5.50. The molecule has 2 bridgehead atoms. The van der Waals surface area contributed by atoms with Gasteiger partial charge in [0.25, 0.3) is 5.56 Å². The van der Waals surface area contributed by atoms with E-state index in [4.69, 9.17) is 17.0 Å². The Morgan fingerprint density at radius 2 is 2.16 bits per heavy atom. The number of thiocarbonyl (C=S) groups is 1. The van der Waals surface area contributed by atoms with E-state index in [9.17, 15) is 9.59 Å². The molecule has 6 nitrogen and oxygen atoms in total. The molecule has 0 radical (unpaired) electrons.